The first-order chi connectivity index (χ1) is 16.2. The lowest BCUT2D eigenvalue weighted by Gasteiger charge is -2.36. The molecule has 0 N–H and O–H groups in total. The second kappa shape index (κ2) is 9.44. The van der Waals surface area contributed by atoms with E-state index in [1.165, 1.54) is 12.1 Å². The largest absolute Gasteiger partial charge is 0.416 e. The predicted octanol–water partition coefficient (Wildman–Crippen LogP) is 5.30. The molecule has 0 radical (unpaired) electrons. The van der Waals surface area contributed by atoms with Crippen molar-refractivity contribution in [2.75, 3.05) is 31.1 Å². The lowest BCUT2D eigenvalue weighted by Crippen LogP contribution is -2.49. The third kappa shape index (κ3) is 4.90. The second-order valence-corrected chi connectivity index (χ2v) is 8.51. The molecule has 0 atom stereocenters. The highest BCUT2D eigenvalue weighted by molar-refractivity contribution is 5.94. The molecule has 1 aliphatic heterocycles. The summed E-state index contributed by atoms with van der Waals surface area (Å²) in [7, 11) is 0. The minimum atomic E-state index is -4.39. The molecule has 1 amide bonds. The van der Waals surface area contributed by atoms with E-state index in [9.17, 15) is 18.0 Å². The summed E-state index contributed by atoms with van der Waals surface area (Å²) in [6, 6.07) is 12.5. The van der Waals surface area contributed by atoms with Crippen molar-refractivity contribution in [3.05, 3.63) is 76.5 Å². The van der Waals surface area contributed by atoms with Crippen LogP contribution in [0.5, 0.6) is 0 Å². The Hall–Kier alpha value is -3.42. The maximum absolute atomic E-state index is 12.9. The van der Waals surface area contributed by atoms with Crippen molar-refractivity contribution >= 4 is 11.7 Å². The molecule has 3 aromatic rings. The van der Waals surface area contributed by atoms with Crippen molar-refractivity contribution < 1.29 is 18.0 Å². The number of benzene rings is 2. The van der Waals surface area contributed by atoms with E-state index < -0.39 is 11.7 Å². The number of aromatic nitrogens is 2. The fourth-order valence-electron chi connectivity index (χ4n) is 4.19. The number of nitrogens with zero attached hydrogens (tertiary/aromatic N) is 4. The molecule has 0 unspecified atom stereocenters. The van der Waals surface area contributed by atoms with E-state index in [4.69, 9.17) is 4.98 Å². The van der Waals surface area contributed by atoms with Gasteiger partial charge in [-0.15, -0.1) is 0 Å². The minimum absolute atomic E-state index is 0.0136. The number of carbonyl (C=O) groups is 1. The summed E-state index contributed by atoms with van der Waals surface area (Å²) in [4.78, 5) is 26.2. The van der Waals surface area contributed by atoms with Crippen LogP contribution >= 0.6 is 0 Å². The van der Waals surface area contributed by atoms with Crippen molar-refractivity contribution in [1.29, 1.82) is 0 Å². The van der Waals surface area contributed by atoms with Crippen molar-refractivity contribution in [3.63, 3.8) is 0 Å². The molecule has 2 heterocycles. The highest BCUT2D eigenvalue weighted by Crippen LogP contribution is 2.31. The van der Waals surface area contributed by atoms with E-state index in [0.717, 1.165) is 41.2 Å². The number of rotatable bonds is 4. The molecule has 1 fully saturated rings. The molecule has 0 aliphatic carbocycles. The van der Waals surface area contributed by atoms with E-state index >= 15 is 0 Å². The number of anilines is 1. The molecular weight excluding hydrogens is 441 g/mol. The van der Waals surface area contributed by atoms with Crippen LogP contribution in [0.3, 0.4) is 0 Å². The number of halogens is 3. The Labute approximate surface area is 197 Å². The van der Waals surface area contributed by atoms with Crippen molar-refractivity contribution in [2.45, 2.75) is 33.4 Å². The Balaban J connectivity index is 1.55. The molecule has 2 aromatic carbocycles. The Morgan fingerprint density at radius 2 is 1.53 bits per heavy atom. The average Bonchev–Trinajstić information content (AvgIpc) is 2.83. The van der Waals surface area contributed by atoms with Crippen LogP contribution in [0, 0.1) is 13.8 Å². The van der Waals surface area contributed by atoms with Gasteiger partial charge in [-0.3, -0.25) is 4.79 Å². The van der Waals surface area contributed by atoms with Gasteiger partial charge >= 0.3 is 6.18 Å². The zero-order valence-corrected chi connectivity index (χ0v) is 19.5. The van der Waals surface area contributed by atoms with E-state index in [2.05, 4.69) is 9.88 Å². The quantitative estimate of drug-likeness (QED) is 0.521. The van der Waals surface area contributed by atoms with Gasteiger partial charge in [-0.25, -0.2) is 9.97 Å². The number of piperazine rings is 1. The summed E-state index contributed by atoms with van der Waals surface area (Å²) >= 11 is 0. The number of alkyl halides is 3. The minimum Gasteiger partial charge on any atom is -0.353 e. The molecule has 8 heteroatoms. The highest BCUT2D eigenvalue weighted by atomic mass is 19.4. The van der Waals surface area contributed by atoms with Gasteiger partial charge in [0.05, 0.1) is 5.56 Å². The van der Waals surface area contributed by atoms with E-state index in [-0.39, 0.29) is 5.91 Å². The lowest BCUT2D eigenvalue weighted by atomic mass is 10.1. The summed E-state index contributed by atoms with van der Waals surface area (Å²) < 4.78 is 38.8. The van der Waals surface area contributed by atoms with Gasteiger partial charge < -0.3 is 9.80 Å². The SMILES string of the molecule is CCc1c(C)nc(-c2ccc(C(F)(F)F)cc2)nc1N1CCN(C(=O)c2ccc(C)cc2)CC1. The standard InChI is InChI=1S/C26H27F3N4O/c1-4-22-18(3)30-23(19-9-11-21(12-10-19)26(27,28)29)31-24(22)32-13-15-33(16-14-32)25(34)20-7-5-17(2)6-8-20/h5-12H,4,13-16H2,1-3H3. The van der Waals surface area contributed by atoms with Crippen molar-refractivity contribution in [2.24, 2.45) is 0 Å². The Bertz CT molecular complexity index is 1170. The zero-order valence-electron chi connectivity index (χ0n) is 19.5. The van der Waals surface area contributed by atoms with Crippen LogP contribution in [-0.4, -0.2) is 47.0 Å². The molecule has 34 heavy (non-hydrogen) atoms. The Kier molecular flexibility index (Phi) is 6.59. The Morgan fingerprint density at radius 3 is 2.09 bits per heavy atom. The summed E-state index contributed by atoms with van der Waals surface area (Å²) in [5, 5.41) is 0. The highest BCUT2D eigenvalue weighted by Gasteiger charge is 2.30. The molecule has 178 valence electrons. The normalized spacial score (nSPS) is 14.4. The lowest BCUT2D eigenvalue weighted by molar-refractivity contribution is -0.137. The molecule has 0 bridgehead atoms. The molecule has 0 spiro atoms. The zero-order chi connectivity index (χ0) is 24.5. The molecule has 4 rings (SSSR count). The first kappa shape index (κ1) is 23.7. The number of carbonyl (C=O) groups excluding carboxylic acids is 1. The molecule has 1 saturated heterocycles. The molecular formula is C26H27F3N4O. The summed E-state index contributed by atoms with van der Waals surface area (Å²) in [5.74, 6) is 1.20. The van der Waals surface area contributed by atoms with Crippen LogP contribution in [0.4, 0.5) is 19.0 Å². The van der Waals surface area contributed by atoms with Gasteiger partial charge in [0.2, 0.25) is 0 Å². The van der Waals surface area contributed by atoms with Gasteiger partial charge in [-0.2, -0.15) is 13.2 Å². The van der Waals surface area contributed by atoms with Crippen LogP contribution < -0.4 is 4.90 Å². The molecule has 1 aromatic heterocycles. The topological polar surface area (TPSA) is 49.3 Å². The number of hydrogen-bond donors (Lipinski definition) is 0. The van der Waals surface area contributed by atoms with Crippen molar-refractivity contribution in [3.8, 4) is 11.4 Å². The first-order valence-corrected chi connectivity index (χ1v) is 11.3. The van der Waals surface area contributed by atoms with Gasteiger partial charge in [0.25, 0.3) is 5.91 Å². The summed E-state index contributed by atoms with van der Waals surface area (Å²) in [6.45, 7) is 8.28. The van der Waals surface area contributed by atoms with E-state index in [1.807, 2.05) is 49.9 Å². The third-order valence-electron chi connectivity index (χ3n) is 6.18. The van der Waals surface area contributed by atoms with Gasteiger partial charge in [0, 0.05) is 48.6 Å². The fourth-order valence-corrected chi connectivity index (χ4v) is 4.19. The van der Waals surface area contributed by atoms with E-state index in [0.29, 0.717) is 43.1 Å². The van der Waals surface area contributed by atoms with Crippen LogP contribution in [0.1, 0.15) is 39.7 Å². The fraction of sp³-hybridized carbons (Fsp3) is 0.346. The number of amides is 1. The van der Waals surface area contributed by atoms with Crippen LogP contribution in [0.25, 0.3) is 11.4 Å². The van der Waals surface area contributed by atoms with Crippen LogP contribution in [-0.2, 0) is 12.6 Å². The Morgan fingerprint density at radius 1 is 0.912 bits per heavy atom. The molecule has 5 nitrogen and oxygen atoms in total. The number of hydrogen-bond acceptors (Lipinski definition) is 4. The monoisotopic (exact) mass is 468 g/mol. The maximum atomic E-state index is 12.9. The molecule has 0 saturated carbocycles. The molecule has 1 aliphatic rings. The number of aryl methyl sites for hydroxylation is 2. The van der Waals surface area contributed by atoms with E-state index in [1.54, 1.807) is 0 Å². The van der Waals surface area contributed by atoms with Gasteiger partial charge in [0.1, 0.15) is 5.82 Å². The average molecular weight is 469 g/mol. The van der Waals surface area contributed by atoms with Gasteiger partial charge in [-0.05, 0) is 44.5 Å². The van der Waals surface area contributed by atoms with Crippen LogP contribution in [0.15, 0.2) is 48.5 Å². The summed E-state index contributed by atoms with van der Waals surface area (Å²) in [6.07, 6.45) is -3.65. The van der Waals surface area contributed by atoms with Gasteiger partial charge in [-0.1, -0.05) is 36.8 Å². The predicted molar refractivity (Wildman–Crippen MR) is 126 cm³/mol. The van der Waals surface area contributed by atoms with Crippen molar-refractivity contribution in [1.82, 2.24) is 14.9 Å². The smallest absolute Gasteiger partial charge is 0.353 e. The second-order valence-electron chi connectivity index (χ2n) is 8.51. The summed E-state index contributed by atoms with van der Waals surface area (Å²) in [5.41, 5.74) is 3.43. The third-order valence-corrected chi connectivity index (χ3v) is 6.18. The van der Waals surface area contributed by atoms with Gasteiger partial charge in [0.15, 0.2) is 5.82 Å². The first-order valence-electron chi connectivity index (χ1n) is 11.3. The maximum Gasteiger partial charge on any atom is 0.416 e. The van der Waals surface area contributed by atoms with Crippen LogP contribution in [0.2, 0.25) is 0 Å².